The van der Waals surface area contributed by atoms with Gasteiger partial charge in [-0.1, -0.05) is 12.1 Å². The Kier molecular flexibility index (Phi) is 7.56. The van der Waals surface area contributed by atoms with Crippen LogP contribution in [-0.4, -0.2) is 56.1 Å². The lowest BCUT2D eigenvalue weighted by molar-refractivity contribution is -0.151. The number of sulfonamides is 1. The highest BCUT2D eigenvalue weighted by molar-refractivity contribution is 7.89. The van der Waals surface area contributed by atoms with Gasteiger partial charge in [0.2, 0.25) is 10.0 Å². The number of nitrogens with zero attached hydrogens (tertiary/aromatic N) is 1. The van der Waals surface area contributed by atoms with Crippen LogP contribution in [0.2, 0.25) is 0 Å². The molecule has 11 heteroatoms. The van der Waals surface area contributed by atoms with E-state index in [9.17, 15) is 13.2 Å². The van der Waals surface area contributed by atoms with Crippen LogP contribution in [-0.2, 0) is 26.1 Å². The molecule has 1 aliphatic heterocycles. The summed E-state index contributed by atoms with van der Waals surface area (Å²) in [5.74, 6) is 1.20. The molecule has 32 heavy (non-hydrogen) atoms. The minimum absolute atomic E-state index is 0.00513. The van der Waals surface area contributed by atoms with Crippen LogP contribution in [0.25, 0.3) is 0 Å². The summed E-state index contributed by atoms with van der Waals surface area (Å²) in [6.45, 7) is 3.57. The van der Waals surface area contributed by atoms with Gasteiger partial charge >= 0.3 is 6.09 Å². The van der Waals surface area contributed by atoms with E-state index in [0.29, 0.717) is 11.5 Å². The number of rotatable bonds is 7. The third-order valence-electron chi connectivity index (χ3n) is 4.86. The minimum atomic E-state index is -4.03. The first-order valence-electron chi connectivity index (χ1n) is 9.88. The van der Waals surface area contributed by atoms with E-state index < -0.39 is 34.6 Å². The number of benzene rings is 2. The maximum absolute atomic E-state index is 13.3. The molecular weight excluding hydrogens is 440 g/mol. The summed E-state index contributed by atoms with van der Waals surface area (Å²) in [6.07, 6.45) is -3.58. The van der Waals surface area contributed by atoms with Gasteiger partial charge in [-0.2, -0.15) is 4.31 Å². The Morgan fingerprint density at radius 2 is 1.91 bits per heavy atom. The lowest BCUT2D eigenvalue weighted by atomic mass is 10.2. The lowest BCUT2D eigenvalue weighted by Crippen LogP contribution is -2.57. The standard InChI is InChI=1S/C21H26N2O8S/c1-14-12-23(20(15(2)30-14)31-21(24)22-25)32(26,27)19-9-7-17(8-10-19)29-13-16-5-4-6-18(11-16)28-3/h4-11,14-15,20,25H,12-13H2,1-3H3,(H,22,24)/t14-,15-,20+/m0/s1. The van der Waals surface area contributed by atoms with Gasteiger partial charge < -0.3 is 18.9 Å². The number of carbonyl (C=O) groups is 1. The molecule has 0 bridgehead atoms. The van der Waals surface area contributed by atoms with E-state index >= 15 is 0 Å². The molecule has 10 nitrogen and oxygen atoms in total. The Bertz CT molecular complexity index is 1030. The molecule has 0 aromatic heterocycles. The van der Waals surface area contributed by atoms with Crippen LogP contribution in [0.15, 0.2) is 53.4 Å². The number of morpholine rings is 1. The predicted octanol–water partition coefficient (Wildman–Crippen LogP) is 2.51. The van der Waals surface area contributed by atoms with Crippen LogP contribution in [0.3, 0.4) is 0 Å². The Morgan fingerprint density at radius 3 is 2.56 bits per heavy atom. The SMILES string of the molecule is COc1cccc(COc2ccc(S(=O)(=O)N3C[C@H](C)O[C@@H](C)[C@H]3OC(=O)NO)cc2)c1. The molecule has 0 spiro atoms. The zero-order valence-electron chi connectivity index (χ0n) is 17.9. The second kappa shape index (κ2) is 10.2. The molecule has 0 radical (unpaired) electrons. The number of hydrogen-bond acceptors (Lipinski definition) is 8. The molecule has 1 amide bonds. The molecule has 1 aliphatic rings. The van der Waals surface area contributed by atoms with Gasteiger partial charge in [-0.05, 0) is 55.8 Å². The molecule has 3 atom stereocenters. The quantitative estimate of drug-likeness (QED) is 0.471. The van der Waals surface area contributed by atoms with Crippen molar-refractivity contribution in [1.82, 2.24) is 9.79 Å². The summed E-state index contributed by atoms with van der Waals surface area (Å²) in [5, 5.41) is 8.75. The van der Waals surface area contributed by atoms with Crippen molar-refractivity contribution in [3.8, 4) is 11.5 Å². The first-order valence-corrected chi connectivity index (χ1v) is 11.3. The van der Waals surface area contributed by atoms with E-state index in [4.69, 9.17) is 24.2 Å². The van der Waals surface area contributed by atoms with E-state index in [1.165, 1.54) is 17.6 Å². The summed E-state index contributed by atoms with van der Waals surface area (Å²) >= 11 is 0. The van der Waals surface area contributed by atoms with E-state index in [-0.39, 0.29) is 18.0 Å². The fourth-order valence-corrected chi connectivity index (χ4v) is 5.01. The highest BCUT2D eigenvalue weighted by atomic mass is 32.2. The van der Waals surface area contributed by atoms with Crippen LogP contribution < -0.4 is 15.0 Å². The number of nitrogens with one attached hydrogen (secondary N) is 1. The predicted molar refractivity (Wildman–Crippen MR) is 113 cm³/mol. The smallest absolute Gasteiger partial charge is 0.432 e. The highest BCUT2D eigenvalue weighted by Crippen LogP contribution is 2.28. The average Bonchev–Trinajstić information content (AvgIpc) is 2.79. The number of hydroxylamine groups is 1. The van der Waals surface area contributed by atoms with Gasteiger partial charge in [-0.15, -0.1) is 0 Å². The molecule has 2 N–H and O–H groups in total. The van der Waals surface area contributed by atoms with Gasteiger partial charge in [-0.25, -0.2) is 18.7 Å². The molecule has 1 fully saturated rings. The lowest BCUT2D eigenvalue weighted by Gasteiger charge is -2.40. The van der Waals surface area contributed by atoms with Crippen molar-refractivity contribution in [3.63, 3.8) is 0 Å². The summed E-state index contributed by atoms with van der Waals surface area (Å²) in [7, 11) is -2.44. The van der Waals surface area contributed by atoms with Crippen LogP contribution in [0.4, 0.5) is 4.79 Å². The average molecular weight is 467 g/mol. The van der Waals surface area contributed by atoms with Crippen molar-refractivity contribution in [2.45, 2.75) is 43.8 Å². The Morgan fingerprint density at radius 1 is 1.19 bits per heavy atom. The van der Waals surface area contributed by atoms with Gasteiger partial charge in [0.05, 0.1) is 18.1 Å². The molecule has 2 aromatic rings. The second-order valence-corrected chi connectivity index (χ2v) is 9.14. The second-order valence-electron chi connectivity index (χ2n) is 7.25. The maximum Gasteiger partial charge on any atom is 0.432 e. The molecule has 174 valence electrons. The van der Waals surface area contributed by atoms with E-state index in [2.05, 4.69) is 0 Å². The molecule has 1 heterocycles. The third kappa shape index (κ3) is 5.49. The van der Waals surface area contributed by atoms with E-state index in [1.54, 1.807) is 33.1 Å². The van der Waals surface area contributed by atoms with E-state index in [0.717, 1.165) is 9.87 Å². The first kappa shape index (κ1) is 23.8. The van der Waals surface area contributed by atoms with Gasteiger partial charge in [-0.3, -0.25) is 5.21 Å². The van der Waals surface area contributed by atoms with Crippen molar-refractivity contribution in [3.05, 3.63) is 54.1 Å². The normalized spacial score (nSPS) is 21.6. The zero-order chi connectivity index (χ0) is 23.3. The van der Waals surface area contributed by atoms with Gasteiger partial charge in [0.25, 0.3) is 0 Å². The van der Waals surface area contributed by atoms with Crippen LogP contribution in [0.5, 0.6) is 11.5 Å². The number of methoxy groups -OCH3 is 1. The monoisotopic (exact) mass is 466 g/mol. The van der Waals surface area contributed by atoms with E-state index in [1.807, 2.05) is 24.3 Å². The number of ether oxygens (including phenoxy) is 4. The van der Waals surface area contributed by atoms with Crippen LogP contribution in [0.1, 0.15) is 19.4 Å². The molecular formula is C21H26N2O8S. The first-order chi connectivity index (χ1) is 15.2. The molecule has 3 rings (SSSR count). The topological polar surface area (TPSA) is 124 Å². The number of amides is 1. The van der Waals surface area contributed by atoms with Crippen molar-refractivity contribution < 1.29 is 37.4 Å². The Labute approximate surface area is 186 Å². The molecule has 0 saturated carbocycles. The minimum Gasteiger partial charge on any atom is -0.497 e. The van der Waals surface area contributed by atoms with Crippen molar-refractivity contribution in [1.29, 1.82) is 0 Å². The molecule has 1 saturated heterocycles. The number of carbonyl (C=O) groups excluding carboxylic acids is 1. The Hall–Kier alpha value is -2.86. The summed E-state index contributed by atoms with van der Waals surface area (Å²) in [4.78, 5) is 11.5. The largest absolute Gasteiger partial charge is 0.497 e. The zero-order valence-corrected chi connectivity index (χ0v) is 18.7. The van der Waals surface area contributed by atoms with Crippen molar-refractivity contribution >= 4 is 16.1 Å². The Balaban J connectivity index is 1.75. The van der Waals surface area contributed by atoms with Gasteiger partial charge in [0.1, 0.15) is 24.2 Å². The summed E-state index contributed by atoms with van der Waals surface area (Å²) < 4.78 is 49.1. The maximum atomic E-state index is 13.3. The van der Waals surface area contributed by atoms with Crippen molar-refractivity contribution in [2.75, 3.05) is 13.7 Å². The highest BCUT2D eigenvalue weighted by Gasteiger charge is 2.43. The number of hydrogen-bond donors (Lipinski definition) is 2. The van der Waals surface area contributed by atoms with Crippen molar-refractivity contribution in [2.24, 2.45) is 0 Å². The molecule has 0 unspecified atom stereocenters. The fraction of sp³-hybridized carbons (Fsp3) is 0.381. The van der Waals surface area contributed by atoms with Gasteiger partial charge in [0.15, 0.2) is 6.23 Å². The molecule has 0 aliphatic carbocycles. The third-order valence-corrected chi connectivity index (χ3v) is 6.70. The van der Waals surface area contributed by atoms with Gasteiger partial charge in [0, 0.05) is 6.54 Å². The molecule has 2 aromatic carbocycles. The summed E-state index contributed by atoms with van der Waals surface area (Å²) in [5.41, 5.74) is 2.24. The fourth-order valence-electron chi connectivity index (χ4n) is 3.37. The van der Waals surface area contributed by atoms with Crippen LogP contribution in [0, 0.1) is 0 Å². The van der Waals surface area contributed by atoms with Crippen LogP contribution >= 0.6 is 0 Å². The summed E-state index contributed by atoms with van der Waals surface area (Å²) in [6, 6.07) is 13.4.